The number of fused-ring (bicyclic) bond motifs is 1. The minimum absolute atomic E-state index is 0.0142. The van der Waals surface area contributed by atoms with E-state index in [1.807, 2.05) is 24.3 Å². The van der Waals surface area contributed by atoms with Gasteiger partial charge >= 0.3 is 5.69 Å². The number of anilines is 1. The van der Waals surface area contributed by atoms with Crippen LogP contribution >= 0.6 is 0 Å². The van der Waals surface area contributed by atoms with E-state index in [2.05, 4.69) is 25.2 Å². The van der Waals surface area contributed by atoms with Crippen molar-refractivity contribution in [1.29, 1.82) is 5.26 Å². The number of nitrogens with zero attached hydrogens (tertiary/aromatic N) is 3. The molecule has 24 heavy (non-hydrogen) atoms. The molecule has 0 spiro atoms. The molecule has 0 aliphatic heterocycles. The van der Waals surface area contributed by atoms with Crippen molar-refractivity contribution in [2.45, 2.75) is 31.7 Å². The van der Waals surface area contributed by atoms with Crippen LogP contribution in [0.25, 0.3) is 0 Å². The molecule has 0 fully saturated rings. The minimum Gasteiger partial charge on any atom is -0.363 e. The Balaban J connectivity index is 2.14. The highest BCUT2D eigenvalue weighted by Crippen LogP contribution is 2.45. The van der Waals surface area contributed by atoms with Crippen LogP contribution < -0.4 is 16.6 Å². The maximum atomic E-state index is 12.2. The number of nitrogens with one attached hydrogen (secondary N) is 1. The van der Waals surface area contributed by atoms with Crippen molar-refractivity contribution in [3.63, 3.8) is 0 Å². The third-order valence-electron chi connectivity index (χ3n) is 4.87. The maximum Gasteiger partial charge on any atom is 0.332 e. The summed E-state index contributed by atoms with van der Waals surface area (Å²) in [6, 6.07) is 10.0. The molecule has 2 aromatic rings. The molecule has 1 heterocycles. The first-order valence-electron chi connectivity index (χ1n) is 7.84. The summed E-state index contributed by atoms with van der Waals surface area (Å²) in [7, 11) is 2.94. The Bertz CT molecular complexity index is 976. The lowest BCUT2D eigenvalue weighted by atomic mass is 9.86. The van der Waals surface area contributed by atoms with Crippen LogP contribution in [-0.4, -0.2) is 9.13 Å². The van der Waals surface area contributed by atoms with Crippen molar-refractivity contribution in [1.82, 2.24) is 9.13 Å². The van der Waals surface area contributed by atoms with Gasteiger partial charge in [0.05, 0.1) is 6.04 Å². The average molecular weight is 324 g/mol. The Labute approximate surface area is 140 Å². The molecule has 0 radical (unpaired) electrons. The predicted molar refractivity (Wildman–Crippen MR) is 92.1 cm³/mol. The quantitative estimate of drug-likeness (QED) is 0.913. The van der Waals surface area contributed by atoms with Gasteiger partial charge in [-0.05, 0) is 23.0 Å². The third-order valence-corrected chi connectivity index (χ3v) is 4.87. The van der Waals surface area contributed by atoms with Gasteiger partial charge in [-0.25, -0.2) is 4.79 Å². The second kappa shape index (κ2) is 5.38. The molecule has 1 atom stereocenters. The van der Waals surface area contributed by atoms with E-state index < -0.39 is 11.2 Å². The highest BCUT2D eigenvalue weighted by molar-refractivity contribution is 5.55. The van der Waals surface area contributed by atoms with Crippen LogP contribution in [0.3, 0.4) is 0 Å². The zero-order chi connectivity index (χ0) is 17.6. The largest absolute Gasteiger partial charge is 0.363 e. The second-order valence-corrected chi connectivity index (χ2v) is 6.91. The van der Waals surface area contributed by atoms with E-state index in [9.17, 15) is 14.9 Å². The van der Waals surface area contributed by atoms with E-state index in [0.29, 0.717) is 0 Å². The van der Waals surface area contributed by atoms with Gasteiger partial charge in [-0.2, -0.15) is 5.26 Å². The Morgan fingerprint density at radius 3 is 2.54 bits per heavy atom. The van der Waals surface area contributed by atoms with Gasteiger partial charge in [-0.3, -0.25) is 13.9 Å². The lowest BCUT2D eigenvalue weighted by Crippen LogP contribution is -2.40. The summed E-state index contributed by atoms with van der Waals surface area (Å²) in [5, 5.41) is 12.7. The summed E-state index contributed by atoms with van der Waals surface area (Å²) in [6.07, 6.45) is 0.820. The number of hydrogen-bond donors (Lipinski definition) is 1. The van der Waals surface area contributed by atoms with Crippen molar-refractivity contribution in [2.24, 2.45) is 14.1 Å². The van der Waals surface area contributed by atoms with Crippen LogP contribution in [0.4, 0.5) is 5.82 Å². The normalized spacial score (nSPS) is 18.0. The first-order valence-corrected chi connectivity index (χ1v) is 7.84. The molecule has 124 valence electrons. The molecule has 1 N–H and O–H groups in total. The van der Waals surface area contributed by atoms with Crippen LogP contribution in [0.5, 0.6) is 0 Å². The van der Waals surface area contributed by atoms with Gasteiger partial charge in [-0.15, -0.1) is 0 Å². The lowest BCUT2D eigenvalue weighted by Gasteiger charge is -2.21. The van der Waals surface area contributed by atoms with Gasteiger partial charge in [0.1, 0.15) is 11.9 Å². The summed E-state index contributed by atoms with van der Waals surface area (Å²) in [5.41, 5.74) is 1.30. The fourth-order valence-corrected chi connectivity index (χ4v) is 3.56. The van der Waals surface area contributed by atoms with Gasteiger partial charge in [0.25, 0.3) is 5.56 Å². The van der Waals surface area contributed by atoms with Crippen LogP contribution in [0, 0.1) is 11.3 Å². The molecule has 3 rings (SSSR count). The highest BCUT2D eigenvalue weighted by atomic mass is 16.2. The van der Waals surface area contributed by atoms with Gasteiger partial charge in [0, 0.05) is 14.1 Å². The molecule has 6 nitrogen and oxygen atoms in total. The number of hydrogen-bond acceptors (Lipinski definition) is 4. The van der Waals surface area contributed by atoms with Crippen LogP contribution in [-0.2, 0) is 19.5 Å². The van der Waals surface area contributed by atoms with Crippen LogP contribution in [0.1, 0.15) is 43.0 Å². The van der Waals surface area contributed by atoms with E-state index in [1.165, 1.54) is 17.2 Å². The smallest absolute Gasteiger partial charge is 0.332 e. The van der Waals surface area contributed by atoms with Crippen molar-refractivity contribution < 1.29 is 0 Å². The van der Waals surface area contributed by atoms with Crippen LogP contribution in [0.15, 0.2) is 33.9 Å². The SMILES string of the molecule is Cn1c(NC2CC(C)(C)c3ccccc32)c(C#N)c(=O)n(C)c1=O. The highest BCUT2D eigenvalue weighted by Gasteiger charge is 2.37. The maximum absolute atomic E-state index is 12.2. The number of rotatable bonds is 2. The fraction of sp³-hybridized carbons (Fsp3) is 0.389. The molecule has 0 bridgehead atoms. The Kier molecular flexibility index (Phi) is 3.60. The minimum atomic E-state index is -0.575. The van der Waals surface area contributed by atoms with Gasteiger partial charge in [0.15, 0.2) is 5.56 Å². The van der Waals surface area contributed by atoms with E-state index in [4.69, 9.17) is 0 Å². The van der Waals surface area contributed by atoms with Crippen molar-refractivity contribution in [3.8, 4) is 6.07 Å². The van der Waals surface area contributed by atoms with E-state index in [-0.39, 0.29) is 22.8 Å². The molecule has 0 saturated carbocycles. The molecular weight excluding hydrogens is 304 g/mol. The predicted octanol–water partition coefficient (Wildman–Crippen LogP) is 1.79. The first-order chi connectivity index (χ1) is 11.3. The first kappa shape index (κ1) is 16.1. The molecular formula is C18H20N4O2. The van der Waals surface area contributed by atoms with E-state index in [1.54, 1.807) is 7.05 Å². The fourth-order valence-electron chi connectivity index (χ4n) is 3.56. The van der Waals surface area contributed by atoms with Gasteiger partial charge < -0.3 is 5.32 Å². The molecule has 6 heteroatoms. The molecule has 1 aromatic carbocycles. The van der Waals surface area contributed by atoms with Crippen molar-refractivity contribution in [2.75, 3.05) is 5.32 Å². The molecule has 1 unspecified atom stereocenters. The molecule has 1 aliphatic carbocycles. The summed E-state index contributed by atoms with van der Waals surface area (Å²) in [4.78, 5) is 24.4. The molecule has 1 aliphatic rings. The third kappa shape index (κ3) is 2.24. The Morgan fingerprint density at radius 1 is 1.21 bits per heavy atom. The molecule has 0 amide bonds. The van der Waals surface area contributed by atoms with E-state index >= 15 is 0 Å². The number of aromatic nitrogens is 2. The standard InChI is InChI=1S/C18H20N4O2/c1-18(2)9-14(11-7-5-6-8-13(11)18)20-15-12(10-19)16(23)22(4)17(24)21(15)3/h5-8,14,20H,9H2,1-4H3. The number of nitriles is 1. The van der Waals surface area contributed by atoms with E-state index in [0.717, 1.165) is 16.6 Å². The summed E-state index contributed by atoms with van der Waals surface area (Å²) in [6.45, 7) is 4.34. The summed E-state index contributed by atoms with van der Waals surface area (Å²) < 4.78 is 2.28. The zero-order valence-electron chi connectivity index (χ0n) is 14.3. The van der Waals surface area contributed by atoms with Gasteiger partial charge in [0.2, 0.25) is 0 Å². The molecule has 1 aromatic heterocycles. The lowest BCUT2D eigenvalue weighted by molar-refractivity contribution is 0.491. The number of benzene rings is 1. The van der Waals surface area contributed by atoms with Crippen molar-refractivity contribution in [3.05, 3.63) is 61.8 Å². The summed E-state index contributed by atoms with van der Waals surface area (Å²) >= 11 is 0. The van der Waals surface area contributed by atoms with Gasteiger partial charge in [-0.1, -0.05) is 38.1 Å². The second-order valence-electron chi connectivity index (χ2n) is 6.91. The average Bonchev–Trinajstić information content (AvgIpc) is 2.82. The summed E-state index contributed by atoms with van der Waals surface area (Å²) in [5.74, 6) is 0.281. The van der Waals surface area contributed by atoms with Crippen molar-refractivity contribution >= 4 is 5.82 Å². The monoisotopic (exact) mass is 324 g/mol. The Hall–Kier alpha value is -2.81. The Morgan fingerprint density at radius 2 is 1.88 bits per heavy atom. The van der Waals surface area contributed by atoms with Crippen LogP contribution in [0.2, 0.25) is 0 Å². The zero-order valence-corrected chi connectivity index (χ0v) is 14.3. The molecule has 0 saturated heterocycles. The topological polar surface area (TPSA) is 79.8 Å².